The van der Waals surface area contributed by atoms with E-state index in [1.807, 2.05) is 13.8 Å². The van der Waals surface area contributed by atoms with Gasteiger partial charge in [-0.05, 0) is 25.3 Å². The first kappa shape index (κ1) is 15.8. The summed E-state index contributed by atoms with van der Waals surface area (Å²) in [6.07, 6.45) is 2.44. The number of likely N-dealkylation sites (tertiary alicyclic amines) is 1. The molecule has 0 aromatic carbocycles. The molecule has 0 N–H and O–H groups in total. The molecular weight excluding hydrogens is 208 g/mol. The quantitative estimate of drug-likeness (QED) is 0.706. The maximum absolute atomic E-state index is 12.8. The second-order valence-electron chi connectivity index (χ2n) is 4.73. The van der Waals surface area contributed by atoms with Crippen LogP contribution in [0, 0.1) is 5.92 Å². The van der Waals surface area contributed by atoms with Crippen molar-refractivity contribution in [3.8, 4) is 0 Å². The highest BCUT2D eigenvalue weighted by molar-refractivity contribution is 4.77. The summed E-state index contributed by atoms with van der Waals surface area (Å²) in [5.41, 5.74) is 0. The van der Waals surface area contributed by atoms with E-state index >= 15 is 0 Å². The zero-order valence-corrected chi connectivity index (χ0v) is 11.2. The van der Waals surface area contributed by atoms with Gasteiger partial charge in [0.25, 0.3) is 5.92 Å². The number of rotatable bonds is 4. The summed E-state index contributed by atoms with van der Waals surface area (Å²) in [6.45, 7) is 10.5. The van der Waals surface area contributed by atoms with Crippen LogP contribution in [0.5, 0.6) is 0 Å². The van der Waals surface area contributed by atoms with Crippen LogP contribution in [-0.4, -0.2) is 30.5 Å². The molecule has 0 bridgehead atoms. The fourth-order valence-electron chi connectivity index (χ4n) is 1.83. The van der Waals surface area contributed by atoms with Crippen LogP contribution in [0.1, 0.15) is 53.4 Å². The zero-order valence-electron chi connectivity index (χ0n) is 11.2. The maximum Gasteiger partial charge on any atom is 0.250 e. The van der Waals surface area contributed by atoms with Crippen LogP contribution >= 0.6 is 0 Å². The van der Waals surface area contributed by atoms with Crippen LogP contribution in [0.4, 0.5) is 8.78 Å². The number of alkyl halides is 2. The van der Waals surface area contributed by atoms with Gasteiger partial charge in [0.1, 0.15) is 0 Å². The highest BCUT2D eigenvalue weighted by Crippen LogP contribution is 2.27. The van der Waals surface area contributed by atoms with E-state index in [9.17, 15) is 8.78 Å². The van der Waals surface area contributed by atoms with E-state index in [2.05, 4.69) is 18.7 Å². The lowest BCUT2D eigenvalue weighted by atomic mass is 10.0. The van der Waals surface area contributed by atoms with Gasteiger partial charge in [0.15, 0.2) is 0 Å². The summed E-state index contributed by atoms with van der Waals surface area (Å²) in [7, 11) is 0. The first-order valence-electron chi connectivity index (χ1n) is 6.60. The Balaban J connectivity index is 0.00000106. The van der Waals surface area contributed by atoms with Crippen LogP contribution < -0.4 is 0 Å². The molecule has 0 aromatic rings. The van der Waals surface area contributed by atoms with Crippen LogP contribution in [-0.2, 0) is 0 Å². The molecular formula is C13H27F2N. The van der Waals surface area contributed by atoms with Crippen LogP contribution in [0.3, 0.4) is 0 Å². The van der Waals surface area contributed by atoms with Crippen LogP contribution in [0.25, 0.3) is 0 Å². The molecule has 0 saturated carbocycles. The summed E-state index contributed by atoms with van der Waals surface area (Å²) < 4.78 is 25.6. The molecule has 1 nitrogen and oxygen atoms in total. The van der Waals surface area contributed by atoms with Gasteiger partial charge in [-0.2, -0.15) is 0 Å². The number of piperidine rings is 1. The van der Waals surface area contributed by atoms with E-state index in [0.717, 1.165) is 18.9 Å². The van der Waals surface area contributed by atoms with Gasteiger partial charge < -0.3 is 4.90 Å². The van der Waals surface area contributed by atoms with Crippen LogP contribution in [0.2, 0.25) is 0 Å². The van der Waals surface area contributed by atoms with Crippen molar-refractivity contribution >= 4 is 0 Å². The summed E-state index contributed by atoms with van der Waals surface area (Å²) >= 11 is 0. The van der Waals surface area contributed by atoms with E-state index in [1.165, 1.54) is 6.42 Å². The fraction of sp³-hybridized carbons (Fsp3) is 1.00. The molecule has 1 fully saturated rings. The second kappa shape index (κ2) is 7.99. The van der Waals surface area contributed by atoms with Gasteiger partial charge in [0.2, 0.25) is 0 Å². The molecule has 1 saturated heterocycles. The number of hydrogen-bond donors (Lipinski definition) is 0. The Morgan fingerprint density at radius 2 is 1.62 bits per heavy atom. The molecule has 16 heavy (non-hydrogen) atoms. The Kier molecular flexibility index (Phi) is 7.90. The van der Waals surface area contributed by atoms with Gasteiger partial charge in [0.05, 0.1) is 0 Å². The minimum absolute atomic E-state index is 0.0503. The van der Waals surface area contributed by atoms with Gasteiger partial charge in [-0.15, -0.1) is 0 Å². The Morgan fingerprint density at radius 3 is 2.06 bits per heavy atom. The number of halogens is 2. The number of hydrogen-bond acceptors (Lipinski definition) is 1. The fourth-order valence-corrected chi connectivity index (χ4v) is 1.83. The van der Waals surface area contributed by atoms with E-state index in [4.69, 9.17) is 0 Å². The molecule has 0 radical (unpaired) electrons. The highest BCUT2D eigenvalue weighted by atomic mass is 19.3. The normalized spacial score (nSPS) is 20.4. The van der Waals surface area contributed by atoms with Gasteiger partial charge in [-0.1, -0.05) is 27.7 Å². The smallest absolute Gasteiger partial charge is 0.250 e. The molecule has 1 rings (SSSR count). The third kappa shape index (κ3) is 7.15. The van der Waals surface area contributed by atoms with Crippen molar-refractivity contribution in [2.45, 2.75) is 59.3 Å². The first-order chi connectivity index (χ1) is 7.49. The third-order valence-corrected chi connectivity index (χ3v) is 2.84. The van der Waals surface area contributed by atoms with E-state index < -0.39 is 5.92 Å². The standard InChI is InChI=1S/C11H21F2N.C2H6/c1-10(2)4-3-7-14-8-5-11(12,13)6-9-14;1-2/h10H,3-9H2,1-2H3;1-2H3. The summed E-state index contributed by atoms with van der Waals surface area (Å²) in [5, 5.41) is 0. The highest BCUT2D eigenvalue weighted by Gasteiger charge is 2.33. The lowest BCUT2D eigenvalue weighted by Gasteiger charge is -2.31. The molecule has 3 heteroatoms. The maximum atomic E-state index is 12.8. The predicted octanol–water partition coefficient (Wildman–Crippen LogP) is 4.18. The Hall–Kier alpha value is -0.180. The minimum atomic E-state index is -2.39. The van der Waals surface area contributed by atoms with Crippen molar-refractivity contribution in [1.82, 2.24) is 4.90 Å². The Morgan fingerprint density at radius 1 is 1.12 bits per heavy atom. The molecule has 1 aliphatic rings. The van der Waals surface area contributed by atoms with Crippen LogP contribution in [0.15, 0.2) is 0 Å². The van der Waals surface area contributed by atoms with Crippen molar-refractivity contribution in [3.05, 3.63) is 0 Å². The van der Waals surface area contributed by atoms with E-state index in [-0.39, 0.29) is 12.8 Å². The van der Waals surface area contributed by atoms with Crippen molar-refractivity contribution in [3.63, 3.8) is 0 Å². The molecule has 1 heterocycles. The lowest BCUT2D eigenvalue weighted by Crippen LogP contribution is -2.39. The molecule has 0 aromatic heterocycles. The Bertz CT molecular complexity index is 159. The van der Waals surface area contributed by atoms with Gasteiger partial charge in [-0.25, -0.2) is 8.78 Å². The van der Waals surface area contributed by atoms with Gasteiger partial charge >= 0.3 is 0 Å². The predicted molar refractivity (Wildman–Crippen MR) is 66.0 cm³/mol. The Labute approximate surface area is 99.2 Å². The topological polar surface area (TPSA) is 3.24 Å². The van der Waals surface area contributed by atoms with Crippen molar-refractivity contribution in [2.24, 2.45) is 5.92 Å². The molecule has 0 amide bonds. The SMILES string of the molecule is CC.CC(C)CCCN1CCC(F)(F)CC1. The molecule has 0 unspecified atom stereocenters. The van der Waals surface area contributed by atoms with Gasteiger partial charge in [0, 0.05) is 25.9 Å². The van der Waals surface area contributed by atoms with Crippen molar-refractivity contribution < 1.29 is 8.78 Å². The molecule has 0 spiro atoms. The number of nitrogens with zero attached hydrogens (tertiary/aromatic N) is 1. The average molecular weight is 235 g/mol. The summed E-state index contributed by atoms with van der Waals surface area (Å²) in [5.74, 6) is -1.67. The monoisotopic (exact) mass is 235 g/mol. The van der Waals surface area contributed by atoms with E-state index in [1.54, 1.807) is 0 Å². The third-order valence-electron chi connectivity index (χ3n) is 2.84. The summed E-state index contributed by atoms with van der Waals surface area (Å²) in [4.78, 5) is 2.17. The van der Waals surface area contributed by atoms with Crippen molar-refractivity contribution in [2.75, 3.05) is 19.6 Å². The lowest BCUT2D eigenvalue weighted by molar-refractivity contribution is -0.0553. The largest absolute Gasteiger partial charge is 0.303 e. The minimum Gasteiger partial charge on any atom is -0.303 e. The first-order valence-corrected chi connectivity index (χ1v) is 6.60. The summed E-state index contributed by atoms with van der Waals surface area (Å²) in [6, 6.07) is 0. The molecule has 1 aliphatic heterocycles. The van der Waals surface area contributed by atoms with Crippen molar-refractivity contribution in [1.29, 1.82) is 0 Å². The average Bonchev–Trinajstić information content (AvgIpc) is 2.23. The van der Waals surface area contributed by atoms with Gasteiger partial charge in [-0.3, -0.25) is 0 Å². The zero-order chi connectivity index (χ0) is 12.6. The molecule has 98 valence electrons. The van der Waals surface area contributed by atoms with E-state index in [0.29, 0.717) is 13.1 Å². The molecule has 0 aliphatic carbocycles. The second-order valence-corrected chi connectivity index (χ2v) is 4.73. The molecule has 0 atom stereocenters.